The first kappa shape index (κ1) is 11.1. The van der Waals surface area contributed by atoms with Gasteiger partial charge in [-0.15, -0.1) is 0 Å². The van der Waals surface area contributed by atoms with E-state index < -0.39 is 0 Å². The van der Waals surface area contributed by atoms with E-state index in [0.717, 1.165) is 30.1 Å². The fourth-order valence-electron chi connectivity index (χ4n) is 2.11. The number of hydrogen-bond donors (Lipinski definition) is 2. The molecular weight excluding hydrogens is 228 g/mol. The number of likely N-dealkylation sites (N-methyl/N-ethyl adjacent to an activating group) is 1. The number of hydrogen-bond acceptors (Lipinski definition) is 4. The van der Waals surface area contributed by atoms with Crippen LogP contribution in [0, 0.1) is 0 Å². The summed E-state index contributed by atoms with van der Waals surface area (Å²) in [5.74, 6) is 1.41. The summed E-state index contributed by atoms with van der Waals surface area (Å²) in [6.45, 7) is 2.00. The molecule has 1 aliphatic heterocycles. The van der Waals surface area contributed by atoms with Crippen LogP contribution in [0.4, 0.5) is 5.82 Å². The number of aromatic amines is 1. The Balaban J connectivity index is 1.69. The minimum atomic E-state index is 0.323. The molecule has 0 amide bonds. The second-order valence-corrected chi connectivity index (χ2v) is 4.69. The smallest absolute Gasteiger partial charge is 0.145 e. The van der Waals surface area contributed by atoms with Gasteiger partial charge in [0.1, 0.15) is 17.7 Å². The number of benzene rings is 1. The normalized spacial score (nSPS) is 16.5. The van der Waals surface area contributed by atoms with Gasteiger partial charge in [-0.1, -0.05) is 0 Å². The Morgan fingerprint density at radius 1 is 1.33 bits per heavy atom. The van der Waals surface area contributed by atoms with E-state index in [1.54, 1.807) is 0 Å². The molecule has 2 heterocycles. The van der Waals surface area contributed by atoms with Crippen molar-refractivity contribution in [2.24, 2.45) is 0 Å². The van der Waals surface area contributed by atoms with Gasteiger partial charge in [0.05, 0.1) is 5.69 Å². The average molecular weight is 244 g/mol. The van der Waals surface area contributed by atoms with Crippen LogP contribution in [0.5, 0.6) is 5.75 Å². The summed E-state index contributed by atoms with van der Waals surface area (Å²) < 4.78 is 5.82. The van der Waals surface area contributed by atoms with Crippen molar-refractivity contribution in [1.29, 1.82) is 0 Å². The van der Waals surface area contributed by atoms with Gasteiger partial charge in [0, 0.05) is 19.2 Å². The van der Waals surface area contributed by atoms with Crippen LogP contribution in [0.1, 0.15) is 0 Å². The van der Waals surface area contributed by atoms with Crippen LogP contribution in [0.3, 0.4) is 0 Å². The highest BCUT2D eigenvalue weighted by atomic mass is 16.5. The van der Waals surface area contributed by atoms with Crippen molar-refractivity contribution < 1.29 is 4.74 Å². The lowest BCUT2D eigenvalue weighted by Crippen LogP contribution is -2.51. The summed E-state index contributed by atoms with van der Waals surface area (Å²) in [6.07, 6.45) is 0.323. The van der Waals surface area contributed by atoms with Crippen LogP contribution >= 0.6 is 0 Å². The molecular formula is C13H16N4O. The molecule has 5 nitrogen and oxygen atoms in total. The summed E-state index contributed by atoms with van der Waals surface area (Å²) in [6, 6.07) is 9.78. The first-order valence-corrected chi connectivity index (χ1v) is 5.97. The fourth-order valence-corrected chi connectivity index (χ4v) is 2.11. The highest BCUT2D eigenvalue weighted by Gasteiger charge is 2.24. The number of likely N-dealkylation sites (tertiary alicyclic amines) is 1. The molecule has 0 aliphatic carbocycles. The van der Waals surface area contributed by atoms with Crippen LogP contribution in [0.2, 0.25) is 0 Å². The van der Waals surface area contributed by atoms with Crippen LogP contribution in [0.25, 0.3) is 11.3 Å². The minimum Gasteiger partial charge on any atom is -0.488 e. The minimum absolute atomic E-state index is 0.323. The summed E-state index contributed by atoms with van der Waals surface area (Å²) in [5.41, 5.74) is 7.55. The Morgan fingerprint density at radius 2 is 2.06 bits per heavy atom. The monoisotopic (exact) mass is 244 g/mol. The van der Waals surface area contributed by atoms with Gasteiger partial charge >= 0.3 is 0 Å². The molecule has 5 heteroatoms. The summed E-state index contributed by atoms with van der Waals surface area (Å²) in [7, 11) is 2.09. The van der Waals surface area contributed by atoms with Crippen molar-refractivity contribution in [2.75, 3.05) is 25.9 Å². The van der Waals surface area contributed by atoms with E-state index in [1.807, 2.05) is 30.3 Å². The molecule has 3 N–H and O–H groups in total. The fraction of sp³-hybridized carbons (Fsp3) is 0.308. The predicted octanol–water partition coefficient (Wildman–Crippen LogP) is 1.35. The standard InChI is InChI=1S/C13H16N4O/c1-17-7-11(8-17)18-10-4-2-9(3-5-10)12-6-13(14)16-15-12/h2-6,11H,7-8H2,1H3,(H3,14,15,16). The third-order valence-electron chi connectivity index (χ3n) is 3.10. The molecule has 2 aromatic rings. The SMILES string of the molecule is CN1CC(Oc2ccc(-c3cc(N)n[nH]3)cc2)C1. The number of nitrogens with one attached hydrogen (secondary N) is 1. The Labute approximate surface area is 106 Å². The van der Waals surface area contributed by atoms with Crippen molar-refractivity contribution in [3.63, 3.8) is 0 Å². The average Bonchev–Trinajstić information content (AvgIpc) is 2.75. The predicted molar refractivity (Wildman–Crippen MR) is 70.3 cm³/mol. The largest absolute Gasteiger partial charge is 0.488 e. The number of rotatable bonds is 3. The van der Waals surface area contributed by atoms with Crippen LogP contribution in [-0.2, 0) is 0 Å². The maximum absolute atomic E-state index is 5.82. The number of nitrogens with two attached hydrogens (primary N) is 1. The summed E-state index contributed by atoms with van der Waals surface area (Å²) in [5, 5.41) is 6.80. The number of H-pyrrole nitrogens is 1. The zero-order valence-electron chi connectivity index (χ0n) is 10.3. The van der Waals surface area contributed by atoms with Gasteiger partial charge in [-0.3, -0.25) is 10.00 Å². The van der Waals surface area contributed by atoms with Crippen LogP contribution in [0.15, 0.2) is 30.3 Å². The number of ether oxygens (including phenoxy) is 1. The van der Waals surface area contributed by atoms with Crippen molar-refractivity contribution in [3.8, 4) is 17.0 Å². The van der Waals surface area contributed by atoms with Gasteiger partial charge < -0.3 is 10.5 Å². The molecule has 0 spiro atoms. The van der Waals surface area contributed by atoms with Gasteiger partial charge in [-0.05, 0) is 36.9 Å². The molecule has 1 fully saturated rings. The van der Waals surface area contributed by atoms with Gasteiger partial charge in [0.2, 0.25) is 0 Å². The van der Waals surface area contributed by atoms with E-state index >= 15 is 0 Å². The first-order valence-electron chi connectivity index (χ1n) is 5.97. The topological polar surface area (TPSA) is 67.2 Å². The zero-order valence-corrected chi connectivity index (χ0v) is 10.3. The van der Waals surface area contributed by atoms with E-state index in [4.69, 9.17) is 10.5 Å². The van der Waals surface area contributed by atoms with Gasteiger partial charge in [-0.2, -0.15) is 5.10 Å². The lowest BCUT2D eigenvalue weighted by Gasteiger charge is -2.36. The van der Waals surface area contributed by atoms with E-state index in [2.05, 4.69) is 22.1 Å². The maximum atomic E-state index is 5.82. The molecule has 1 saturated heterocycles. The zero-order chi connectivity index (χ0) is 12.5. The molecule has 18 heavy (non-hydrogen) atoms. The van der Waals surface area contributed by atoms with Gasteiger partial charge in [-0.25, -0.2) is 0 Å². The van der Waals surface area contributed by atoms with E-state index in [9.17, 15) is 0 Å². The molecule has 3 rings (SSSR count). The van der Waals surface area contributed by atoms with Crippen molar-refractivity contribution in [1.82, 2.24) is 15.1 Å². The van der Waals surface area contributed by atoms with Gasteiger partial charge in [0.15, 0.2) is 0 Å². The summed E-state index contributed by atoms with van der Waals surface area (Å²) >= 11 is 0. The molecule has 94 valence electrons. The molecule has 1 aromatic heterocycles. The van der Waals surface area contributed by atoms with E-state index in [0.29, 0.717) is 11.9 Å². The lowest BCUT2D eigenvalue weighted by atomic mass is 10.1. The number of anilines is 1. The molecule has 1 aromatic carbocycles. The Bertz CT molecular complexity index is 528. The van der Waals surface area contributed by atoms with E-state index in [-0.39, 0.29) is 0 Å². The Hall–Kier alpha value is -2.01. The van der Waals surface area contributed by atoms with E-state index in [1.165, 1.54) is 0 Å². The highest BCUT2D eigenvalue weighted by Crippen LogP contribution is 2.23. The number of nitrogen functional groups attached to an aromatic ring is 1. The maximum Gasteiger partial charge on any atom is 0.145 e. The molecule has 0 atom stereocenters. The van der Waals surface area contributed by atoms with Crippen molar-refractivity contribution in [3.05, 3.63) is 30.3 Å². The second-order valence-electron chi connectivity index (χ2n) is 4.69. The third kappa shape index (κ3) is 2.17. The molecule has 0 radical (unpaired) electrons. The molecule has 0 saturated carbocycles. The van der Waals surface area contributed by atoms with Crippen LogP contribution < -0.4 is 10.5 Å². The Kier molecular flexibility index (Phi) is 2.68. The summed E-state index contributed by atoms with van der Waals surface area (Å²) in [4.78, 5) is 2.23. The first-order chi connectivity index (χ1) is 8.70. The van der Waals surface area contributed by atoms with Crippen molar-refractivity contribution >= 4 is 5.82 Å². The Morgan fingerprint density at radius 3 is 2.61 bits per heavy atom. The lowest BCUT2D eigenvalue weighted by molar-refractivity contribution is 0.0388. The molecule has 0 unspecified atom stereocenters. The molecule has 0 bridgehead atoms. The van der Waals surface area contributed by atoms with Crippen LogP contribution in [-0.4, -0.2) is 41.3 Å². The highest BCUT2D eigenvalue weighted by molar-refractivity contribution is 5.62. The third-order valence-corrected chi connectivity index (χ3v) is 3.10. The number of nitrogens with zero attached hydrogens (tertiary/aromatic N) is 2. The number of aromatic nitrogens is 2. The quantitative estimate of drug-likeness (QED) is 0.855. The molecule has 1 aliphatic rings. The van der Waals surface area contributed by atoms with Gasteiger partial charge in [0.25, 0.3) is 0 Å². The second kappa shape index (κ2) is 4.34. The van der Waals surface area contributed by atoms with Crippen molar-refractivity contribution in [2.45, 2.75) is 6.10 Å².